The highest BCUT2D eigenvalue weighted by atomic mass is 32.1. The van der Waals surface area contributed by atoms with Crippen molar-refractivity contribution in [3.05, 3.63) is 39.3 Å². The van der Waals surface area contributed by atoms with Gasteiger partial charge < -0.3 is 4.90 Å². The van der Waals surface area contributed by atoms with Gasteiger partial charge in [-0.1, -0.05) is 6.07 Å². The lowest BCUT2D eigenvalue weighted by Gasteiger charge is -2.40. The Labute approximate surface area is 116 Å². The van der Waals surface area contributed by atoms with Gasteiger partial charge in [0.05, 0.1) is 18.2 Å². The van der Waals surface area contributed by atoms with Gasteiger partial charge in [0.2, 0.25) is 5.91 Å². The molecule has 0 bridgehead atoms. The second-order valence-electron chi connectivity index (χ2n) is 5.00. The number of thiophene rings is 1. The van der Waals surface area contributed by atoms with E-state index in [4.69, 9.17) is 0 Å². The molecule has 4 nitrogen and oxygen atoms in total. The fraction of sp³-hybridized carbons (Fsp3) is 0.429. The van der Waals surface area contributed by atoms with E-state index in [0.29, 0.717) is 12.5 Å². The van der Waals surface area contributed by atoms with E-state index in [2.05, 4.69) is 21.6 Å². The Kier molecular flexibility index (Phi) is 3.14. The molecule has 0 aliphatic carbocycles. The van der Waals surface area contributed by atoms with Gasteiger partial charge in [0.15, 0.2) is 0 Å². The maximum absolute atomic E-state index is 12.4. The van der Waals surface area contributed by atoms with E-state index in [-0.39, 0.29) is 5.91 Å². The van der Waals surface area contributed by atoms with Crippen molar-refractivity contribution in [3.8, 4) is 0 Å². The fourth-order valence-electron chi connectivity index (χ4n) is 2.55. The normalized spacial score (nSPS) is 18.4. The van der Waals surface area contributed by atoms with Crippen molar-refractivity contribution in [1.82, 2.24) is 15.1 Å². The van der Waals surface area contributed by atoms with Gasteiger partial charge in [0, 0.05) is 22.7 Å². The van der Waals surface area contributed by atoms with Crippen LogP contribution in [0, 0.1) is 13.8 Å². The summed E-state index contributed by atoms with van der Waals surface area (Å²) in [4.78, 5) is 15.7. The van der Waals surface area contributed by atoms with E-state index in [1.165, 1.54) is 4.88 Å². The Morgan fingerprint density at radius 3 is 2.95 bits per heavy atom. The lowest BCUT2D eigenvalue weighted by Crippen LogP contribution is -2.45. The molecule has 2 aromatic rings. The molecule has 100 valence electrons. The van der Waals surface area contributed by atoms with Crippen molar-refractivity contribution >= 4 is 17.2 Å². The topological polar surface area (TPSA) is 49.0 Å². The lowest BCUT2D eigenvalue weighted by atomic mass is 9.99. The minimum Gasteiger partial charge on any atom is -0.334 e. The van der Waals surface area contributed by atoms with E-state index in [0.717, 1.165) is 29.9 Å². The molecular weight excluding hydrogens is 258 g/mol. The van der Waals surface area contributed by atoms with Gasteiger partial charge in [-0.2, -0.15) is 5.10 Å². The van der Waals surface area contributed by atoms with Gasteiger partial charge in [-0.15, -0.1) is 11.3 Å². The summed E-state index contributed by atoms with van der Waals surface area (Å²) >= 11 is 1.73. The molecule has 1 atom stereocenters. The first-order valence-electron chi connectivity index (χ1n) is 6.50. The van der Waals surface area contributed by atoms with Crippen LogP contribution in [0.1, 0.15) is 34.3 Å². The number of likely N-dealkylation sites (tertiary alicyclic amines) is 1. The number of carbonyl (C=O) groups excluding carboxylic acids is 1. The van der Waals surface area contributed by atoms with Crippen LogP contribution in [0.25, 0.3) is 0 Å². The van der Waals surface area contributed by atoms with Crippen LogP contribution in [0.2, 0.25) is 0 Å². The summed E-state index contributed by atoms with van der Waals surface area (Å²) in [5.41, 5.74) is 2.97. The molecule has 1 aliphatic heterocycles. The van der Waals surface area contributed by atoms with Crippen LogP contribution in [-0.4, -0.2) is 27.5 Å². The molecule has 0 radical (unpaired) electrons. The molecule has 2 aromatic heterocycles. The summed E-state index contributed by atoms with van der Waals surface area (Å²) in [5.74, 6) is 0.206. The molecule has 1 unspecified atom stereocenters. The summed E-state index contributed by atoms with van der Waals surface area (Å²) in [5, 5.41) is 9.16. The van der Waals surface area contributed by atoms with Crippen LogP contribution in [0.5, 0.6) is 0 Å². The van der Waals surface area contributed by atoms with Crippen molar-refractivity contribution < 1.29 is 4.79 Å². The number of rotatable bonds is 3. The van der Waals surface area contributed by atoms with Crippen molar-refractivity contribution in [2.24, 2.45) is 0 Å². The third-order valence-electron chi connectivity index (χ3n) is 3.82. The molecule has 0 spiro atoms. The molecule has 5 heteroatoms. The molecule has 1 fully saturated rings. The third-order valence-corrected chi connectivity index (χ3v) is 4.79. The van der Waals surface area contributed by atoms with Crippen LogP contribution in [0.3, 0.4) is 0 Å². The number of hydrogen-bond acceptors (Lipinski definition) is 3. The first kappa shape index (κ1) is 12.4. The van der Waals surface area contributed by atoms with Crippen LogP contribution in [0.4, 0.5) is 0 Å². The smallest absolute Gasteiger partial charge is 0.227 e. The van der Waals surface area contributed by atoms with Crippen LogP contribution in [-0.2, 0) is 11.2 Å². The molecule has 1 amide bonds. The Hall–Kier alpha value is -1.62. The standard InChI is InChI=1S/C14H17N3OS/c1-9-11(10(2)16-15-9)8-14(18)17-6-5-12(17)13-4-3-7-19-13/h3-4,7,12H,5-6,8H2,1-2H3,(H,15,16). The van der Waals surface area contributed by atoms with Gasteiger partial charge >= 0.3 is 0 Å². The largest absolute Gasteiger partial charge is 0.334 e. The molecule has 1 N–H and O–H groups in total. The number of H-pyrrole nitrogens is 1. The summed E-state index contributed by atoms with van der Waals surface area (Å²) in [6, 6.07) is 4.45. The van der Waals surface area contributed by atoms with E-state index >= 15 is 0 Å². The van der Waals surface area contributed by atoms with Gasteiger partial charge in [0.1, 0.15) is 0 Å². The Bertz CT molecular complexity index is 568. The minimum atomic E-state index is 0.206. The Morgan fingerprint density at radius 2 is 2.42 bits per heavy atom. The van der Waals surface area contributed by atoms with Crippen LogP contribution >= 0.6 is 11.3 Å². The van der Waals surface area contributed by atoms with E-state index < -0.39 is 0 Å². The number of aryl methyl sites for hydroxylation is 2. The first-order chi connectivity index (χ1) is 9.16. The molecule has 3 rings (SSSR count). The zero-order chi connectivity index (χ0) is 13.4. The molecule has 0 aromatic carbocycles. The number of nitrogens with zero attached hydrogens (tertiary/aromatic N) is 2. The van der Waals surface area contributed by atoms with E-state index in [1.54, 1.807) is 11.3 Å². The van der Waals surface area contributed by atoms with Gasteiger partial charge in [0.25, 0.3) is 0 Å². The second kappa shape index (κ2) is 4.81. The number of nitrogens with one attached hydrogen (secondary N) is 1. The molecule has 19 heavy (non-hydrogen) atoms. The Morgan fingerprint density at radius 1 is 1.58 bits per heavy atom. The molecule has 1 saturated heterocycles. The van der Waals surface area contributed by atoms with Gasteiger partial charge in [-0.05, 0) is 31.7 Å². The number of aromatic nitrogens is 2. The number of carbonyl (C=O) groups is 1. The quantitative estimate of drug-likeness (QED) is 0.936. The van der Waals surface area contributed by atoms with Gasteiger partial charge in [-0.3, -0.25) is 9.89 Å². The highest BCUT2D eigenvalue weighted by Gasteiger charge is 2.34. The maximum atomic E-state index is 12.4. The maximum Gasteiger partial charge on any atom is 0.227 e. The van der Waals surface area contributed by atoms with Crippen molar-refractivity contribution in [2.45, 2.75) is 32.7 Å². The Balaban J connectivity index is 1.72. The summed E-state index contributed by atoms with van der Waals surface area (Å²) in [6.45, 7) is 4.78. The highest BCUT2D eigenvalue weighted by molar-refractivity contribution is 7.10. The predicted octanol–water partition coefficient (Wildman–Crippen LogP) is 2.60. The molecule has 0 saturated carbocycles. The summed E-state index contributed by atoms with van der Waals surface area (Å²) in [7, 11) is 0. The van der Waals surface area contributed by atoms with E-state index in [9.17, 15) is 4.79 Å². The van der Waals surface area contributed by atoms with Gasteiger partial charge in [-0.25, -0.2) is 0 Å². The molecule has 3 heterocycles. The minimum absolute atomic E-state index is 0.206. The second-order valence-corrected chi connectivity index (χ2v) is 5.98. The predicted molar refractivity (Wildman–Crippen MR) is 75.2 cm³/mol. The first-order valence-corrected chi connectivity index (χ1v) is 7.38. The van der Waals surface area contributed by atoms with Crippen molar-refractivity contribution in [1.29, 1.82) is 0 Å². The zero-order valence-corrected chi connectivity index (χ0v) is 12.0. The monoisotopic (exact) mass is 275 g/mol. The van der Waals surface area contributed by atoms with Crippen LogP contribution in [0.15, 0.2) is 17.5 Å². The zero-order valence-electron chi connectivity index (χ0n) is 11.1. The number of amides is 1. The summed E-state index contributed by atoms with van der Waals surface area (Å²) in [6.07, 6.45) is 1.53. The third kappa shape index (κ3) is 2.18. The van der Waals surface area contributed by atoms with Crippen molar-refractivity contribution in [3.63, 3.8) is 0 Å². The molecule has 1 aliphatic rings. The average molecular weight is 275 g/mol. The SMILES string of the molecule is Cc1n[nH]c(C)c1CC(=O)N1CCC1c1cccs1. The fourth-order valence-corrected chi connectivity index (χ4v) is 3.42. The summed E-state index contributed by atoms with van der Waals surface area (Å²) < 4.78 is 0. The average Bonchev–Trinajstić information content (AvgIpc) is 2.93. The van der Waals surface area contributed by atoms with Crippen molar-refractivity contribution in [2.75, 3.05) is 6.54 Å². The highest BCUT2D eigenvalue weighted by Crippen LogP contribution is 2.36. The lowest BCUT2D eigenvalue weighted by molar-refractivity contribution is -0.138. The molecular formula is C14H17N3OS. The van der Waals surface area contributed by atoms with E-state index in [1.807, 2.05) is 24.8 Å². The number of hydrogen-bond donors (Lipinski definition) is 1. The number of aromatic amines is 1. The van der Waals surface area contributed by atoms with Crippen LogP contribution < -0.4 is 0 Å².